The van der Waals surface area contributed by atoms with Crippen molar-refractivity contribution in [1.82, 2.24) is 14.6 Å². The fourth-order valence-corrected chi connectivity index (χ4v) is 5.21. The molecule has 0 saturated carbocycles. The smallest absolute Gasteiger partial charge is 0.212 e. The summed E-state index contributed by atoms with van der Waals surface area (Å²) >= 11 is 0. The first-order valence-electron chi connectivity index (χ1n) is 10.5. The van der Waals surface area contributed by atoms with Crippen molar-refractivity contribution in [3.63, 3.8) is 0 Å². The van der Waals surface area contributed by atoms with Gasteiger partial charge in [0.1, 0.15) is 22.0 Å². The number of hydrogen-bond donors (Lipinski definition) is 1. The molecule has 0 bridgehead atoms. The van der Waals surface area contributed by atoms with Crippen molar-refractivity contribution in [3.05, 3.63) is 83.9 Å². The molecule has 0 aliphatic carbocycles. The van der Waals surface area contributed by atoms with Crippen LogP contribution in [0.5, 0.6) is 5.75 Å². The number of methoxy groups -OCH3 is 1. The average Bonchev–Trinajstić information content (AvgIpc) is 3.12. The first kappa shape index (κ1) is 21.6. The van der Waals surface area contributed by atoms with Gasteiger partial charge in [-0.05, 0) is 54.4 Å². The topological polar surface area (TPSA) is 112 Å². The van der Waals surface area contributed by atoms with E-state index in [9.17, 15) is 8.42 Å². The molecule has 0 aliphatic heterocycles. The molecule has 0 unspecified atom stereocenters. The van der Waals surface area contributed by atoms with Crippen LogP contribution in [0, 0.1) is 6.92 Å². The van der Waals surface area contributed by atoms with Crippen LogP contribution >= 0.6 is 0 Å². The van der Waals surface area contributed by atoms with Gasteiger partial charge >= 0.3 is 0 Å². The largest absolute Gasteiger partial charge is 0.497 e. The molecule has 0 amide bonds. The Balaban J connectivity index is 1.78. The lowest BCUT2D eigenvalue weighted by atomic mass is 10.1. The summed E-state index contributed by atoms with van der Waals surface area (Å²) in [4.78, 5) is 9.20. The molecule has 5 aromatic rings. The molecule has 170 valence electrons. The Morgan fingerprint density at radius 2 is 1.59 bits per heavy atom. The van der Waals surface area contributed by atoms with Gasteiger partial charge in [-0.1, -0.05) is 36.4 Å². The van der Waals surface area contributed by atoms with Crippen LogP contribution in [0.25, 0.3) is 22.2 Å². The lowest BCUT2D eigenvalue weighted by molar-refractivity contribution is 0.414. The molecule has 9 heteroatoms. The third-order valence-corrected chi connectivity index (χ3v) is 7.40. The lowest BCUT2D eigenvalue weighted by Crippen LogP contribution is -2.06. The van der Waals surface area contributed by atoms with Gasteiger partial charge in [-0.3, -0.25) is 0 Å². The Hall–Kier alpha value is -4.24. The number of aromatic nitrogens is 3. The van der Waals surface area contributed by atoms with Crippen molar-refractivity contribution >= 4 is 44.1 Å². The number of nitrogens with two attached hydrogens (primary N) is 1. The SMILES string of the molecule is COc1ccc(S(=O)(=O)c2c(N)n(N=Cc3ccccc3C)c3nc4ccccc4nc23)cc1. The van der Waals surface area contributed by atoms with Gasteiger partial charge in [0.15, 0.2) is 5.65 Å². The van der Waals surface area contributed by atoms with Crippen LogP contribution in [0.1, 0.15) is 11.1 Å². The highest BCUT2D eigenvalue weighted by Gasteiger charge is 2.30. The van der Waals surface area contributed by atoms with E-state index in [4.69, 9.17) is 10.5 Å². The van der Waals surface area contributed by atoms with Gasteiger partial charge in [-0.15, -0.1) is 0 Å². The summed E-state index contributed by atoms with van der Waals surface area (Å²) < 4.78 is 33.9. The standard InChI is InChI=1S/C25H21N5O3S/c1-16-7-3-4-8-17(16)15-27-30-24(26)23(34(31,32)19-13-11-18(33-2)12-14-19)22-25(30)29-21-10-6-5-9-20(21)28-22/h3-15H,26H2,1-2H3. The van der Waals surface area contributed by atoms with Gasteiger partial charge in [0.2, 0.25) is 9.84 Å². The van der Waals surface area contributed by atoms with E-state index in [0.717, 1.165) is 11.1 Å². The first-order valence-corrected chi connectivity index (χ1v) is 11.9. The maximum Gasteiger partial charge on any atom is 0.212 e. The van der Waals surface area contributed by atoms with Crippen molar-refractivity contribution < 1.29 is 13.2 Å². The van der Waals surface area contributed by atoms with E-state index >= 15 is 0 Å². The highest BCUT2D eigenvalue weighted by molar-refractivity contribution is 7.92. The molecule has 5 rings (SSSR count). The minimum absolute atomic E-state index is 0.0639. The van der Waals surface area contributed by atoms with Crippen LogP contribution in [0.4, 0.5) is 5.82 Å². The van der Waals surface area contributed by atoms with Crippen LogP contribution in [0.3, 0.4) is 0 Å². The van der Waals surface area contributed by atoms with Gasteiger partial charge in [-0.25, -0.2) is 18.4 Å². The van der Waals surface area contributed by atoms with Crippen LogP contribution in [0.15, 0.2) is 87.7 Å². The average molecular weight is 472 g/mol. The number of fused-ring (bicyclic) bond motifs is 2. The number of rotatable bonds is 5. The van der Waals surface area contributed by atoms with Crippen molar-refractivity contribution in [2.24, 2.45) is 5.10 Å². The normalized spacial score (nSPS) is 12.1. The van der Waals surface area contributed by atoms with E-state index in [0.29, 0.717) is 16.8 Å². The fraction of sp³-hybridized carbons (Fsp3) is 0.0800. The maximum atomic E-state index is 13.7. The van der Waals surface area contributed by atoms with E-state index in [1.165, 1.54) is 23.9 Å². The Morgan fingerprint density at radius 1 is 0.941 bits per heavy atom. The molecule has 0 fully saturated rings. The molecule has 2 N–H and O–H groups in total. The second-order valence-electron chi connectivity index (χ2n) is 7.69. The summed E-state index contributed by atoms with van der Waals surface area (Å²) in [6.45, 7) is 1.96. The van der Waals surface area contributed by atoms with E-state index in [1.54, 1.807) is 30.5 Å². The van der Waals surface area contributed by atoms with Gasteiger partial charge < -0.3 is 10.5 Å². The number of para-hydroxylation sites is 2. The van der Waals surface area contributed by atoms with Crippen LogP contribution in [0.2, 0.25) is 0 Å². The van der Waals surface area contributed by atoms with Crippen LogP contribution < -0.4 is 10.5 Å². The zero-order chi connectivity index (χ0) is 23.9. The minimum Gasteiger partial charge on any atom is -0.497 e. The zero-order valence-electron chi connectivity index (χ0n) is 18.5. The third-order valence-electron chi connectivity index (χ3n) is 5.57. The highest BCUT2D eigenvalue weighted by Crippen LogP contribution is 2.35. The molecular formula is C25H21N5O3S. The number of anilines is 1. The van der Waals surface area contributed by atoms with E-state index in [-0.39, 0.29) is 26.8 Å². The third kappa shape index (κ3) is 3.56. The molecule has 3 aromatic carbocycles. The molecule has 0 atom stereocenters. The summed E-state index contributed by atoms with van der Waals surface area (Å²) in [6, 6.07) is 21.1. The van der Waals surface area contributed by atoms with Crippen molar-refractivity contribution in [3.8, 4) is 5.75 Å². The molecule has 2 aromatic heterocycles. The number of nitrogen functional groups attached to an aromatic ring is 1. The Bertz CT molecular complexity index is 1670. The number of benzene rings is 3. The number of sulfone groups is 1. The summed E-state index contributed by atoms with van der Waals surface area (Å²) in [5.41, 5.74) is 9.90. The number of hydrogen-bond acceptors (Lipinski definition) is 7. The van der Waals surface area contributed by atoms with Crippen molar-refractivity contribution in [1.29, 1.82) is 0 Å². The second-order valence-corrected chi connectivity index (χ2v) is 9.58. The Labute approximate surface area is 196 Å². The van der Waals surface area contributed by atoms with Gasteiger partial charge in [0, 0.05) is 0 Å². The van der Waals surface area contributed by atoms with Crippen LogP contribution in [-0.4, -0.2) is 36.4 Å². The molecule has 0 radical (unpaired) electrons. The molecule has 0 saturated heterocycles. The second kappa shape index (κ2) is 8.27. The van der Waals surface area contributed by atoms with E-state index < -0.39 is 9.84 Å². The van der Waals surface area contributed by atoms with E-state index in [1.807, 2.05) is 43.3 Å². The molecule has 0 spiro atoms. The number of ether oxygens (including phenoxy) is 1. The number of nitrogens with zero attached hydrogens (tertiary/aromatic N) is 4. The predicted octanol–water partition coefficient (Wildman–Crippen LogP) is 4.20. The quantitative estimate of drug-likeness (QED) is 0.385. The predicted molar refractivity (Wildman–Crippen MR) is 132 cm³/mol. The number of aryl methyl sites for hydroxylation is 1. The minimum atomic E-state index is -4.04. The Morgan fingerprint density at radius 3 is 2.26 bits per heavy atom. The summed E-state index contributed by atoms with van der Waals surface area (Å²) in [7, 11) is -2.52. The van der Waals surface area contributed by atoms with Gasteiger partial charge in [0.25, 0.3) is 0 Å². The monoisotopic (exact) mass is 471 g/mol. The zero-order valence-corrected chi connectivity index (χ0v) is 19.3. The maximum absolute atomic E-state index is 13.7. The fourth-order valence-electron chi connectivity index (χ4n) is 3.73. The Kier molecular flexibility index (Phi) is 5.25. The lowest BCUT2D eigenvalue weighted by Gasteiger charge is -2.06. The highest BCUT2D eigenvalue weighted by atomic mass is 32.2. The molecule has 0 aliphatic rings. The van der Waals surface area contributed by atoms with Gasteiger partial charge in [0.05, 0.1) is 29.3 Å². The summed E-state index contributed by atoms with van der Waals surface area (Å²) in [6.07, 6.45) is 1.63. The van der Waals surface area contributed by atoms with Gasteiger partial charge in [-0.2, -0.15) is 9.78 Å². The molecule has 8 nitrogen and oxygen atoms in total. The first-order chi connectivity index (χ1) is 16.4. The van der Waals surface area contributed by atoms with E-state index in [2.05, 4.69) is 15.1 Å². The summed E-state index contributed by atoms with van der Waals surface area (Å²) in [5.74, 6) is 0.480. The van der Waals surface area contributed by atoms with Crippen molar-refractivity contribution in [2.75, 3.05) is 12.8 Å². The van der Waals surface area contributed by atoms with Crippen molar-refractivity contribution in [2.45, 2.75) is 16.7 Å². The van der Waals surface area contributed by atoms with Crippen LogP contribution in [-0.2, 0) is 9.84 Å². The summed E-state index contributed by atoms with van der Waals surface area (Å²) in [5, 5.41) is 4.51. The molecule has 34 heavy (non-hydrogen) atoms. The molecular weight excluding hydrogens is 450 g/mol. The molecule has 2 heterocycles.